The zero-order valence-corrected chi connectivity index (χ0v) is 22.7. The van der Waals surface area contributed by atoms with Crippen molar-refractivity contribution in [3.63, 3.8) is 0 Å². The van der Waals surface area contributed by atoms with Gasteiger partial charge in [-0.2, -0.15) is 0 Å². The molecule has 39 heavy (non-hydrogen) atoms. The number of hydrogen-bond donors (Lipinski definition) is 2. The van der Waals surface area contributed by atoms with E-state index in [9.17, 15) is 14.4 Å². The zero-order chi connectivity index (χ0) is 27.7. The van der Waals surface area contributed by atoms with Crippen molar-refractivity contribution in [3.05, 3.63) is 52.1 Å². The van der Waals surface area contributed by atoms with E-state index in [-0.39, 0.29) is 18.1 Å². The van der Waals surface area contributed by atoms with Gasteiger partial charge in [0.15, 0.2) is 16.9 Å². The summed E-state index contributed by atoms with van der Waals surface area (Å²) in [4.78, 5) is 51.7. The Hall–Kier alpha value is -3.97. The van der Waals surface area contributed by atoms with Gasteiger partial charge in [0, 0.05) is 55.7 Å². The van der Waals surface area contributed by atoms with Crippen LogP contribution in [0.15, 0.2) is 52.1 Å². The molecule has 13 heteroatoms. The third-order valence-corrected chi connectivity index (χ3v) is 7.78. The Labute approximate surface area is 229 Å². The molecule has 2 aromatic rings. The number of amides is 2. The molecule has 1 aromatic heterocycles. The Morgan fingerprint density at radius 1 is 1.23 bits per heavy atom. The number of fused-ring (bicyclic) bond motifs is 1. The van der Waals surface area contributed by atoms with Crippen LogP contribution in [-0.2, 0) is 14.3 Å². The van der Waals surface area contributed by atoms with Crippen molar-refractivity contribution < 1.29 is 29.0 Å². The van der Waals surface area contributed by atoms with Crippen LogP contribution in [0.5, 0.6) is 5.75 Å². The van der Waals surface area contributed by atoms with E-state index in [1.165, 1.54) is 25.4 Å². The number of carboxylic acid groups (broad SMARTS) is 1. The number of benzene rings is 1. The largest absolute Gasteiger partial charge is 0.479 e. The molecule has 2 N–H and O–H groups in total. The molecule has 3 atom stereocenters. The molecule has 3 aliphatic heterocycles. The summed E-state index contributed by atoms with van der Waals surface area (Å²) in [6.45, 7) is 6.16. The number of carbonyl (C=O) groups is 3. The molecular formula is C26H30N6O6S. The molecule has 0 bridgehead atoms. The van der Waals surface area contributed by atoms with Crippen molar-refractivity contribution >= 4 is 40.8 Å². The Morgan fingerprint density at radius 3 is 2.67 bits per heavy atom. The minimum absolute atomic E-state index is 0.0236. The molecule has 2 saturated heterocycles. The fourth-order valence-corrected chi connectivity index (χ4v) is 5.63. The molecule has 5 rings (SSSR count). The standard InChI is InChI=1S/C26H30N6O6S/c1-15-21(25(35)37-3)20(29-22(28-15)23-27-8-11-39-23)14-30-9-10-31-18(12-30)13-32(26(31)36)17-4-6-19(7-5-17)38-16(2)24(33)34/h4-8,11,15-16,18H,9-10,12-14H2,1-3H3,(H,28,29)(H,33,34)/t15-,16?,18-/m0/s1. The Bertz CT molecular complexity index is 1310. The molecule has 1 aromatic carbocycles. The molecule has 2 fully saturated rings. The van der Waals surface area contributed by atoms with Crippen LogP contribution in [-0.4, -0.2) is 102 Å². The minimum Gasteiger partial charge on any atom is -0.479 e. The highest BCUT2D eigenvalue weighted by Gasteiger charge is 2.42. The highest BCUT2D eigenvalue weighted by Crippen LogP contribution is 2.29. The van der Waals surface area contributed by atoms with Crippen LogP contribution >= 0.6 is 11.3 Å². The monoisotopic (exact) mass is 554 g/mol. The third-order valence-electron chi connectivity index (χ3n) is 7.00. The minimum atomic E-state index is -1.05. The number of rotatable bonds is 8. The number of thiazole rings is 1. The number of amidine groups is 1. The Morgan fingerprint density at radius 2 is 2.00 bits per heavy atom. The van der Waals surface area contributed by atoms with E-state index in [0.29, 0.717) is 49.9 Å². The second-order valence-electron chi connectivity index (χ2n) is 9.57. The number of hydrogen-bond acceptors (Lipinski definition) is 10. The molecule has 0 saturated carbocycles. The number of nitrogens with one attached hydrogen (secondary N) is 1. The maximum Gasteiger partial charge on any atom is 0.344 e. The van der Waals surface area contributed by atoms with Crippen LogP contribution < -0.4 is 15.0 Å². The average molecular weight is 555 g/mol. The fraction of sp³-hybridized carbons (Fsp3) is 0.423. The molecule has 206 valence electrons. The van der Waals surface area contributed by atoms with Crippen LogP contribution in [0.3, 0.4) is 0 Å². The molecular weight excluding hydrogens is 524 g/mol. The molecule has 0 aliphatic carbocycles. The number of ether oxygens (including phenoxy) is 2. The van der Waals surface area contributed by atoms with Crippen molar-refractivity contribution in [2.45, 2.75) is 32.0 Å². The summed E-state index contributed by atoms with van der Waals surface area (Å²) in [6, 6.07) is 6.39. The van der Waals surface area contributed by atoms with Gasteiger partial charge in [-0.15, -0.1) is 11.3 Å². The summed E-state index contributed by atoms with van der Waals surface area (Å²) in [7, 11) is 1.36. The van der Waals surface area contributed by atoms with E-state index >= 15 is 0 Å². The first-order valence-electron chi connectivity index (χ1n) is 12.6. The summed E-state index contributed by atoms with van der Waals surface area (Å²) in [5.74, 6) is -0.410. The number of esters is 1. The van der Waals surface area contributed by atoms with Gasteiger partial charge in [0.1, 0.15) is 5.75 Å². The number of methoxy groups -OCH3 is 1. The number of piperazine rings is 1. The van der Waals surface area contributed by atoms with E-state index in [2.05, 4.69) is 20.2 Å². The molecule has 3 aliphatic rings. The topological polar surface area (TPSA) is 137 Å². The Balaban J connectivity index is 1.27. The number of nitrogens with zero attached hydrogens (tertiary/aromatic N) is 5. The van der Waals surface area contributed by atoms with Gasteiger partial charge in [-0.25, -0.2) is 19.4 Å². The first-order valence-corrected chi connectivity index (χ1v) is 13.5. The predicted octanol–water partition coefficient (Wildman–Crippen LogP) is 1.79. The van der Waals surface area contributed by atoms with Gasteiger partial charge in [0.2, 0.25) is 0 Å². The van der Waals surface area contributed by atoms with Gasteiger partial charge in [-0.1, -0.05) is 0 Å². The fourth-order valence-electron chi connectivity index (χ4n) is 5.04. The number of carboxylic acids is 1. The lowest BCUT2D eigenvalue weighted by Gasteiger charge is -2.37. The van der Waals surface area contributed by atoms with Gasteiger partial charge in [-0.05, 0) is 38.1 Å². The lowest BCUT2D eigenvalue weighted by atomic mass is 10.0. The van der Waals surface area contributed by atoms with Crippen LogP contribution in [0.2, 0.25) is 0 Å². The zero-order valence-electron chi connectivity index (χ0n) is 21.9. The smallest absolute Gasteiger partial charge is 0.344 e. The second kappa shape index (κ2) is 11.0. The first-order chi connectivity index (χ1) is 18.7. The number of urea groups is 1. The highest BCUT2D eigenvalue weighted by atomic mass is 32.1. The molecule has 12 nitrogen and oxygen atoms in total. The number of anilines is 1. The van der Waals surface area contributed by atoms with Gasteiger partial charge < -0.3 is 24.8 Å². The molecule has 4 heterocycles. The molecule has 0 spiro atoms. The van der Waals surface area contributed by atoms with Crippen molar-refractivity contribution in [1.82, 2.24) is 20.1 Å². The summed E-state index contributed by atoms with van der Waals surface area (Å²) in [5, 5.41) is 15.0. The summed E-state index contributed by atoms with van der Waals surface area (Å²) in [5.41, 5.74) is 1.94. The molecule has 2 amide bonds. The first kappa shape index (κ1) is 26.6. The summed E-state index contributed by atoms with van der Waals surface area (Å²) in [6.07, 6.45) is 0.748. The number of carbonyl (C=O) groups excluding carboxylic acids is 2. The van der Waals surface area contributed by atoms with Gasteiger partial charge in [0.05, 0.1) is 24.8 Å². The van der Waals surface area contributed by atoms with E-state index in [0.717, 1.165) is 16.4 Å². The predicted molar refractivity (Wildman–Crippen MR) is 144 cm³/mol. The van der Waals surface area contributed by atoms with E-state index in [1.807, 2.05) is 17.2 Å². The SMILES string of the molecule is COC(=O)C1=C(CN2CCN3C(=O)N(c4ccc(OC(C)C(=O)O)cc4)C[C@@H]3C2)NC(c2nccs2)=N[C@H]1C. The number of aliphatic imine (C=N–C) groups is 1. The van der Waals surface area contributed by atoms with E-state index in [4.69, 9.17) is 14.6 Å². The quantitative estimate of drug-likeness (QED) is 0.468. The maximum absolute atomic E-state index is 13.2. The van der Waals surface area contributed by atoms with Crippen molar-refractivity contribution in [2.24, 2.45) is 4.99 Å². The van der Waals surface area contributed by atoms with Gasteiger partial charge in [-0.3, -0.25) is 14.8 Å². The number of aromatic nitrogens is 1. The van der Waals surface area contributed by atoms with Crippen LogP contribution in [0.4, 0.5) is 10.5 Å². The van der Waals surface area contributed by atoms with Gasteiger partial charge >= 0.3 is 18.0 Å². The van der Waals surface area contributed by atoms with E-state index < -0.39 is 18.0 Å². The molecule has 1 unspecified atom stereocenters. The van der Waals surface area contributed by atoms with E-state index in [1.54, 1.807) is 35.4 Å². The van der Waals surface area contributed by atoms with Crippen LogP contribution in [0, 0.1) is 0 Å². The normalized spacial score (nSPS) is 22.2. The Kier molecular flexibility index (Phi) is 7.53. The van der Waals surface area contributed by atoms with Crippen molar-refractivity contribution in [1.29, 1.82) is 0 Å². The second-order valence-corrected chi connectivity index (χ2v) is 10.5. The summed E-state index contributed by atoms with van der Waals surface area (Å²) >= 11 is 1.47. The average Bonchev–Trinajstić information content (AvgIpc) is 3.57. The maximum atomic E-state index is 13.2. The highest BCUT2D eigenvalue weighted by molar-refractivity contribution is 7.11. The summed E-state index contributed by atoms with van der Waals surface area (Å²) < 4.78 is 10.5. The molecule has 0 radical (unpaired) electrons. The van der Waals surface area contributed by atoms with Crippen LogP contribution in [0.1, 0.15) is 18.9 Å². The number of aliphatic carboxylic acids is 1. The third kappa shape index (κ3) is 5.45. The van der Waals surface area contributed by atoms with Gasteiger partial charge in [0.25, 0.3) is 0 Å². The lowest BCUT2D eigenvalue weighted by molar-refractivity contribution is -0.144. The van der Waals surface area contributed by atoms with Crippen molar-refractivity contribution in [2.75, 3.05) is 44.7 Å². The van der Waals surface area contributed by atoms with Crippen molar-refractivity contribution in [3.8, 4) is 5.75 Å². The lowest BCUT2D eigenvalue weighted by Crippen LogP contribution is -2.53. The van der Waals surface area contributed by atoms with Crippen LogP contribution in [0.25, 0.3) is 0 Å².